The highest BCUT2D eigenvalue weighted by Gasteiger charge is 2.15. The molecule has 1 atom stereocenters. The lowest BCUT2D eigenvalue weighted by Crippen LogP contribution is -1.83. The highest BCUT2D eigenvalue weighted by molar-refractivity contribution is 9.10. The molecular formula is C9H5BrCl2S2. The van der Waals surface area contributed by atoms with E-state index in [4.69, 9.17) is 23.2 Å². The average Bonchev–Trinajstić information content (AvgIpc) is 2.76. The van der Waals surface area contributed by atoms with Gasteiger partial charge in [-0.25, -0.2) is 0 Å². The highest BCUT2D eigenvalue weighted by Crippen LogP contribution is 2.41. The molecule has 2 rings (SSSR count). The van der Waals surface area contributed by atoms with E-state index in [0.717, 1.165) is 18.6 Å². The van der Waals surface area contributed by atoms with E-state index in [1.807, 2.05) is 23.6 Å². The zero-order valence-electron chi connectivity index (χ0n) is 6.84. The van der Waals surface area contributed by atoms with E-state index in [1.54, 1.807) is 11.3 Å². The first-order valence-corrected chi connectivity index (χ1v) is 7.11. The smallest absolute Gasteiger partial charge is 0.107 e. The van der Waals surface area contributed by atoms with Crippen LogP contribution in [-0.4, -0.2) is 0 Å². The van der Waals surface area contributed by atoms with Crippen molar-refractivity contribution in [2.24, 2.45) is 0 Å². The van der Waals surface area contributed by atoms with E-state index in [2.05, 4.69) is 15.9 Å². The van der Waals surface area contributed by atoms with Crippen LogP contribution in [0.15, 0.2) is 28.1 Å². The molecule has 74 valence electrons. The molecule has 0 nitrogen and oxygen atoms in total. The van der Waals surface area contributed by atoms with Crippen molar-refractivity contribution < 1.29 is 0 Å². The summed E-state index contributed by atoms with van der Waals surface area (Å²) >= 11 is 18.8. The largest absolute Gasteiger partial charge is 0.147 e. The molecular weight excluding hydrogens is 323 g/mol. The first-order chi connectivity index (χ1) is 6.68. The summed E-state index contributed by atoms with van der Waals surface area (Å²) in [6.07, 6.45) is 0. The molecule has 0 aromatic carbocycles. The fourth-order valence-electron chi connectivity index (χ4n) is 1.06. The van der Waals surface area contributed by atoms with Gasteiger partial charge in [-0.2, -0.15) is 0 Å². The second-order valence-corrected chi connectivity index (χ2v) is 6.60. The topological polar surface area (TPSA) is 0 Å². The zero-order valence-corrected chi connectivity index (χ0v) is 11.6. The molecule has 2 aromatic heterocycles. The van der Waals surface area contributed by atoms with Crippen LogP contribution in [0.5, 0.6) is 0 Å². The lowest BCUT2D eigenvalue weighted by molar-refractivity contribution is 1.24. The van der Waals surface area contributed by atoms with Crippen molar-refractivity contribution >= 4 is 61.8 Å². The van der Waals surface area contributed by atoms with Gasteiger partial charge >= 0.3 is 0 Å². The molecule has 0 aliphatic carbocycles. The Hall–Kier alpha value is 0.460. The normalized spacial score (nSPS) is 13.1. The van der Waals surface area contributed by atoms with Crippen molar-refractivity contribution in [2.75, 3.05) is 0 Å². The Morgan fingerprint density at radius 3 is 2.64 bits per heavy atom. The minimum Gasteiger partial charge on any atom is -0.147 e. The third kappa shape index (κ3) is 2.17. The standard InChI is InChI=1S/C9H5BrCl2S2/c10-5-4-7(14-9(5)12)8(11)6-2-1-3-13-6/h1-4,8H. The van der Waals surface area contributed by atoms with Gasteiger partial charge < -0.3 is 0 Å². The van der Waals surface area contributed by atoms with Gasteiger partial charge in [0.05, 0.1) is 0 Å². The van der Waals surface area contributed by atoms with Gasteiger partial charge in [-0.1, -0.05) is 17.7 Å². The van der Waals surface area contributed by atoms with Crippen LogP contribution in [-0.2, 0) is 0 Å². The molecule has 5 heteroatoms. The fourth-order valence-corrected chi connectivity index (χ4v) is 4.01. The molecule has 0 saturated carbocycles. The van der Waals surface area contributed by atoms with E-state index in [1.165, 1.54) is 11.3 Å². The molecule has 0 aliphatic rings. The van der Waals surface area contributed by atoms with Crippen LogP contribution >= 0.6 is 61.8 Å². The molecule has 0 saturated heterocycles. The van der Waals surface area contributed by atoms with Crippen LogP contribution in [0.25, 0.3) is 0 Å². The van der Waals surface area contributed by atoms with E-state index >= 15 is 0 Å². The summed E-state index contributed by atoms with van der Waals surface area (Å²) in [5.41, 5.74) is 0. The van der Waals surface area contributed by atoms with Crippen LogP contribution in [0.4, 0.5) is 0 Å². The lowest BCUT2D eigenvalue weighted by Gasteiger charge is -2.02. The van der Waals surface area contributed by atoms with Crippen LogP contribution in [0, 0.1) is 0 Å². The van der Waals surface area contributed by atoms with Gasteiger partial charge in [-0.15, -0.1) is 34.3 Å². The van der Waals surface area contributed by atoms with Crippen molar-refractivity contribution in [3.8, 4) is 0 Å². The maximum Gasteiger partial charge on any atom is 0.107 e. The average molecular weight is 328 g/mol. The predicted molar refractivity (Wildman–Crippen MR) is 69.0 cm³/mol. The Balaban J connectivity index is 2.32. The van der Waals surface area contributed by atoms with Crippen LogP contribution in [0.1, 0.15) is 15.1 Å². The first-order valence-electron chi connectivity index (χ1n) is 3.80. The third-order valence-electron chi connectivity index (χ3n) is 1.71. The molecule has 14 heavy (non-hydrogen) atoms. The number of hydrogen-bond acceptors (Lipinski definition) is 2. The molecule has 0 bridgehead atoms. The van der Waals surface area contributed by atoms with Gasteiger partial charge in [0.15, 0.2) is 0 Å². The minimum absolute atomic E-state index is 0.0798. The van der Waals surface area contributed by atoms with E-state index in [0.29, 0.717) is 0 Å². The Kier molecular flexibility index (Phi) is 3.55. The van der Waals surface area contributed by atoms with Crippen LogP contribution in [0.3, 0.4) is 0 Å². The number of hydrogen-bond donors (Lipinski definition) is 0. The van der Waals surface area contributed by atoms with E-state index in [-0.39, 0.29) is 5.38 Å². The van der Waals surface area contributed by atoms with Crippen molar-refractivity contribution in [3.05, 3.63) is 42.1 Å². The van der Waals surface area contributed by atoms with Gasteiger partial charge in [0.2, 0.25) is 0 Å². The quantitative estimate of drug-likeness (QED) is 0.634. The second-order valence-electron chi connectivity index (χ2n) is 2.65. The summed E-state index contributed by atoms with van der Waals surface area (Å²) in [5, 5.41) is 1.94. The number of halogens is 3. The molecule has 0 fully saturated rings. The number of rotatable bonds is 2. The van der Waals surface area contributed by atoms with Crippen molar-refractivity contribution in [3.63, 3.8) is 0 Å². The SMILES string of the molecule is Clc1sc(C(Cl)c2cccs2)cc1Br. The van der Waals surface area contributed by atoms with Gasteiger partial charge in [0.1, 0.15) is 9.71 Å². The molecule has 0 N–H and O–H groups in total. The predicted octanol–water partition coefficient (Wildman–Crippen LogP) is 5.55. The Bertz CT molecular complexity index is 402. The van der Waals surface area contributed by atoms with Crippen LogP contribution < -0.4 is 0 Å². The molecule has 0 radical (unpaired) electrons. The summed E-state index contributed by atoms with van der Waals surface area (Å²) in [7, 11) is 0. The van der Waals surface area contributed by atoms with E-state index in [9.17, 15) is 0 Å². The van der Waals surface area contributed by atoms with E-state index < -0.39 is 0 Å². The summed E-state index contributed by atoms with van der Waals surface area (Å²) in [6.45, 7) is 0. The summed E-state index contributed by atoms with van der Waals surface area (Å²) in [4.78, 5) is 2.23. The lowest BCUT2D eigenvalue weighted by atomic mass is 10.3. The third-order valence-corrected chi connectivity index (χ3v) is 5.91. The first kappa shape index (κ1) is 11.0. The molecule has 0 spiro atoms. The molecule has 0 amide bonds. The Labute approximate surface area is 109 Å². The maximum atomic E-state index is 6.30. The summed E-state index contributed by atoms with van der Waals surface area (Å²) in [6, 6.07) is 6.01. The maximum absolute atomic E-state index is 6.30. The summed E-state index contributed by atoms with van der Waals surface area (Å²) < 4.78 is 1.67. The minimum atomic E-state index is -0.0798. The number of thiophene rings is 2. The summed E-state index contributed by atoms with van der Waals surface area (Å²) in [5.74, 6) is 0. The van der Waals surface area contributed by atoms with Gasteiger partial charge in [-0.3, -0.25) is 0 Å². The molecule has 2 aromatic rings. The molecule has 2 heterocycles. The van der Waals surface area contributed by atoms with Crippen LogP contribution in [0.2, 0.25) is 4.34 Å². The molecule has 1 unspecified atom stereocenters. The Morgan fingerprint density at radius 2 is 2.14 bits per heavy atom. The second kappa shape index (κ2) is 4.54. The number of alkyl halides is 1. The zero-order chi connectivity index (χ0) is 10.1. The highest BCUT2D eigenvalue weighted by atomic mass is 79.9. The van der Waals surface area contributed by atoms with Crippen molar-refractivity contribution in [2.45, 2.75) is 5.38 Å². The monoisotopic (exact) mass is 326 g/mol. The fraction of sp³-hybridized carbons (Fsp3) is 0.111. The van der Waals surface area contributed by atoms with Gasteiger partial charge in [0.25, 0.3) is 0 Å². The Morgan fingerprint density at radius 1 is 1.36 bits per heavy atom. The van der Waals surface area contributed by atoms with Crippen molar-refractivity contribution in [1.82, 2.24) is 0 Å². The molecule has 0 aliphatic heterocycles. The van der Waals surface area contributed by atoms with Gasteiger partial charge in [0, 0.05) is 14.2 Å². The van der Waals surface area contributed by atoms with Crippen molar-refractivity contribution in [1.29, 1.82) is 0 Å². The van der Waals surface area contributed by atoms with Gasteiger partial charge in [-0.05, 0) is 33.4 Å².